The summed E-state index contributed by atoms with van der Waals surface area (Å²) in [6.07, 6.45) is 0. The maximum Gasteiger partial charge on any atom is 0.263 e. The lowest BCUT2D eigenvalue weighted by atomic mass is 10.2. The van der Waals surface area contributed by atoms with Crippen LogP contribution in [0.4, 0.5) is 23.0 Å². The summed E-state index contributed by atoms with van der Waals surface area (Å²) < 4.78 is 39.7. The van der Waals surface area contributed by atoms with Crippen molar-refractivity contribution in [3.8, 4) is 11.5 Å². The Bertz CT molecular complexity index is 1480. The van der Waals surface area contributed by atoms with Crippen LogP contribution in [-0.4, -0.2) is 31.6 Å². The van der Waals surface area contributed by atoms with Crippen LogP contribution in [-0.2, 0) is 10.0 Å². The first kappa shape index (κ1) is 20.6. The topological polar surface area (TPSA) is 132 Å². The fourth-order valence-electron chi connectivity index (χ4n) is 3.31. The van der Waals surface area contributed by atoms with E-state index in [9.17, 15) is 13.3 Å². The van der Waals surface area contributed by atoms with Gasteiger partial charge in [0, 0.05) is 11.8 Å². The number of rotatable bonds is 6. The third kappa shape index (κ3) is 4.26. The second-order valence-electron chi connectivity index (χ2n) is 7.09. The number of sulfonamides is 1. The Morgan fingerprint density at radius 1 is 0.818 bits per heavy atom. The number of nitrogens with one attached hydrogen (secondary N) is 2. The lowest BCUT2D eigenvalue weighted by Gasteiger charge is -2.19. The molecule has 2 N–H and O–H groups in total. The molecule has 166 valence electrons. The van der Waals surface area contributed by atoms with E-state index in [0.717, 1.165) is 0 Å². The van der Waals surface area contributed by atoms with Crippen LogP contribution in [0.2, 0.25) is 0 Å². The third-order valence-corrected chi connectivity index (χ3v) is 6.18. The highest BCUT2D eigenvalue weighted by molar-refractivity contribution is 7.92. The highest BCUT2D eigenvalue weighted by atomic mass is 32.2. The average molecular weight is 463 g/mol. The maximum absolute atomic E-state index is 13.0. The Morgan fingerprint density at radius 3 is 2.30 bits per heavy atom. The number of ether oxygens (including phenoxy) is 2. The van der Waals surface area contributed by atoms with E-state index >= 15 is 0 Å². The van der Waals surface area contributed by atoms with E-state index < -0.39 is 10.0 Å². The molecule has 10 nitrogen and oxygen atoms in total. The summed E-state index contributed by atoms with van der Waals surface area (Å²) in [7, 11) is -4.08. The van der Waals surface area contributed by atoms with Crippen LogP contribution in [0, 0.1) is 4.91 Å². The predicted octanol–water partition coefficient (Wildman–Crippen LogP) is 4.34. The molecule has 0 spiro atoms. The molecule has 0 radical (unpaired) electrons. The summed E-state index contributed by atoms with van der Waals surface area (Å²) in [6, 6.07) is 17.7. The van der Waals surface area contributed by atoms with E-state index in [2.05, 4.69) is 25.2 Å². The number of hydrogen-bond acceptors (Lipinski definition) is 9. The number of fused-ring (bicyclic) bond motifs is 2. The fraction of sp³-hybridized carbons (Fsp3) is 0.0909. The molecule has 0 unspecified atom stereocenters. The van der Waals surface area contributed by atoms with Crippen LogP contribution in [0.15, 0.2) is 76.8 Å². The van der Waals surface area contributed by atoms with Gasteiger partial charge < -0.3 is 14.8 Å². The molecule has 11 heteroatoms. The van der Waals surface area contributed by atoms with Gasteiger partial charge in [0.1, 0.15) is 18.9 Å². The Balaban J connectivity index is 1.55. The lowest BCUT2D eigenvalue weighted by Crippen LogP contribution is -2.16. The molecular weight excluding hydrogens is 446 g/mol. The number of para-hydroxylation sites is 2. The van der Waals surface area contributed by atoms with Crippen molar-refractivity contribution >= 4 is 44.1 Å². The van der Waals surface area contributed by atoms with Crippen LogP contribution in [0.3, 0.4) is 0 Å². The molecule has 0 bridgehead atoms. The predicted molar refractivity (Wildman–Crippen MR) is 123 cm³/mol. The highest BCUT2D eigenvalue weighted by Crippen LogP contribution is 2.35. The summed E-state index contributed by atoms with van der Waals surface area (Å²) in [4.78, 5) is 19.7. The number of aromatic nitrogens is 2. The standard InChI is InChI=1S/C22H17N5O5S/c28-26-15-4-3-5-16(12-15)33(29,30)27-22-21(24-17-6-1-2-7-18(17)25-22)23-14-8-9-19-20(13-14)32-11-10-31-19/h1-9,12-13H,10-11H2,(H,23,24)(H,25,27). The normalized spacial score (nSPS) is 12.8. The van der Waals surface area contributed by atoms with Crippen LogP contribution in [0.5, 0.6) is 11.5 Å². The van der Waals surface area contributed by atoms with Crippen LogP contribution < -0.4 is 19.5 Å². The van der Waals surface area contributed by atoms with Gasteiger partial charge >= 0.3 is 0 Å². The first-order valence-electron chi connectivity index (χ1n) is 9.91. The van der Waals surface area contributed by atoms with Crippen molar-refractivity contribution in [2.24, 2.45) is 5.18 Å². The smallest absolute Gasteiger partial charge is 0.263 e. The molecule has 3 aromatic carbocycles. The lowest BCUT2D eigenvalue weighted by molar-refractivity contribution is 0.171. The number of anilines is 3. The Kier molecular flexibility index (Phi) is 5.23. The average Bonchev–Trinajstić information content (AvgIpc) is 2.84. The maximum atomic E-state index is 13.0. The summed E-state index contributed by atoms with van der Waals surface area (Å²) >= 11 is 0. The monoisotopic (exact) mass is 463 g/mol. The molecule has 33 heavy (non-hydrogen) atoms. The molecule has 1 aliphatic heterocycles. The zero-order chi connectivity index (χ0) is 22.8. The SMILES string of the molecule is O=Nc1cccc(S(=O)(=O)Nc2nc3ccccc3nc2Nc2ccc3c(c2)OCCO3)c1. The molecule has 0 aliphatic carbocycles. The zero-order valence-electron chi connectivity index (χ0n) is 17.1. The first-order valence-corrected chi connectivity index (χ1v) is 11.4. The summed E-state index contributed by atoms with van der Waals surface area (Å²) in [5, 5.41) is 5.90. The van der Waals surface area contributed by atoms with Crippen molar-refractivity contribution in [2.75, 3.05) is 23.3 Å². The highest BCUT2D eigenvalue weighted by Gasteiger charge is 2.20. The van der Waals surface area contributed by atoms with Gasteiger partial charge in [0.15, 0.2) is 23.1 Å². The number of nitrogens with zero attached hydrogens (tertiary/aromatic N) is 3. The van der Waals surface area contributed by atoms with Crippen molar-refractivity contribution in [2.45, 2.75) is 4.90 Å². The minimum atomic E-state index is -4.08. The van der Waals surface area contributed by atoms with E-state index in [1.165, 1.54) is 24.3 Å². The third-order valence-electron chi connectivity index (χ3n) is 4.84. The van der Waals surface area contributed by atoms with Crippen LogP contribution in [0.25, 0.3) is 11.0 Å². The van der Waals surface area contributed by atoms with Crippen molar-refractivity contribution in [1.82, 2.24) is 9.97 Å². The number of nitroso groups, excluding NO2 is 1. The Hall–Kier alpha value is -4.25. The Morgan fingerprint density at radius 2 is 1.55 bits per heavy atom. The zero-order valence-corrected chi connectivity index (χ0v) is 17.9. The minimum Gasteiger partial charge on any atom is -0.486 e. The van der Waals surface area contributed by atoms with Gasteiger partial charge in [0.05, 0.1) is 15.9 Å². The number of hydrogen-bond donors (Lipinski definition) is 2. The van der Waals surface area contributed by atoms with E-state index in [1.54, 1.807) is 36.4 Å². The molecule has 0 saturated carbocycles. The largest absolute Gasteiger partial charge is 0.486 e. The van der Waals surface area contributed by atoms with Gasteiger partial charge in [-0.2, -0.15) is 0 Å². The molecule has 0 saturated heterocycles. The van der Waals surface area contributed by atoms with Crippen LogP contribution >= 0.6 is 0 Å². The second kappa shape index (κ2) is 8.36. The van der Waals surface area contributed by atoms with Crippen molar-refractivity contribution in [1.29, 1.82) is 0 Å². The van der Waals surface area contributed by atoms with Crippen molar-refractivity contribution in [3.05, 3.63) is 71.6 Å². The first-order chi connectivity index (χ1) is 16.0. The van der Waals surface area contributed by atoms with Crippen molar-refractivity contribution < 1.29 is 17.9 Å². The molecule has 5 rings (SSSR count). The van der Waals surface area contributed by atoms with Gasteiger partial charge in [0.2, 0.25) is 0 Å². The Labute approximate surface area is 188 Å². The van der Waals surface area contributed by atoms with Gasteiger partial charge in [0.25, 0.3) is 10.0 Å². The molecule has 0 atom stereocenters. The van der Waals surface area contributed by atoms with Gasteiger partial charge in [-0.25, -0.2) is 18.4 Å². The van der Waals surface area contributed by atoms with E-state index in [4.69, 9.17) is 9.47 Å². The van der Waals surface area contributed by atoms with E-state index in [-0.39, 0.29) is 22.2 Å². The second-order valence-corrected chi connectivity index (χ2v) is 8.77. The summed E-state index contributed by atoms with van der Waals surface area (Å²) in [5.74, 6) is 1.38. The quantitative estimate of drug-likeness (QED) is 0.404. The molecule has 2 heterocycles. The van der Waals surface area contributed by atoms with Gasteiger partial charge in [-0.3, -0.25) is 4.72 Å². The van der Waals surface area contributed by atoms with Gasteiger partial charge in [-0.15, -0.1) is 4.91 Å². The molecule has 4 aromatic rings. The molecule has 0 amide bonds. The van der Waals surface area contributed by atoms with Crippen LogP contribution in [0.1, 0.15) is 0 Å². The molecule has 0 fully saturated rings. The summed E-state index contributed by atoms with van der Waals surface area (Å²) in [6.45, 7) is 0.911. The fourth-order valence-corrected chi connectivity index (χ4v) is 4.36. The van der Waals surface area contributed by atoms with Gasteiger partial charge in [-0.05, 0) is 47.6 Å². The molecule has 1 aliphatic rings. The minimum absolute atomic E-state index is 0.00269. The van der Waals surface area contributed by atoms with Crippen molar-refractivity contribution in [3.63, 3.8) is 0 Å². The summed E-state index contributed by atoms with van der Waals surface area (Å²) in [5.41, 5.74) is 1.69. The number of benzene rings is 3. The van der Waals surface area contributed by atoms with E-state index in [0.29, 0.717) is 41.4 Å². The molecular formula is C22H17N5O5S. The molecule has 1 aromatic heterocycles. The van der Waals surface area contributed by atoms with Gasteiger partial charge in [-0.1, -0.05) is 18.2 Å². The van der Waals surface area contributed by atoms with E-state index in [1.807, 2.05) is 6.07 Å².